The lowest BCUT2D eigenvalue weighted by molar-refractivity contribution is -0.117. The van der Waals surface area contributed by atoms with Crippen LogP contribution < -0.4 is 10.6 Å². The van der Waals surface area contributed by atoms with Crippen molar-refractivity contribution in [2.45, 2.75) is 19.3 Å². The average molecular weight is 280 g/mol. The number of nitrogens with one attached hydrogen (secondary N) is 2. The van der Waals surface area contributed by atoms with Crippen molar-refractivity contribution in [3.05, 3.63) is 29.6 Å². The van der Waals surface area contributed by atoms with Gasteiger partial charge in [-0.05, 0) is 50.0 Å². The van der Waals surface area contributed by atoms with Gasteiger partial charge in [0.1, 0.15) is 5.82 Å². The summed E-state index contributed by atoms with van der Waals surface area (Å²) in [5.41, 5.74) is -0.139. The first-order chi connectivity index (χ1) is 9.56. The quantitative estimate of drug-likeness (QED) is 0.786. The minimum Gasteiger partial charge on any atom is -0.478 e. The first-order valence-electron chi connectivity index (χ1n) is 6.59. The zero-order chi connectivity index (χ0) is 14.5. The second-order valence-electron chi connectivity index (χ2n) is 4.96. The van der Waals surface area contributed by atoms with Crippen molar-refractivity contribution in [3.63, 3.8) is 0 Å². The fourth-order valence-electron chi connectivity index (χ4n) is 2.32. The smallest absolute Gasteiger partial charge is 0.335 e. The Hall–Kier alpha value is -1.95. The van der Waals surface area contributed by atoms with E-state index in [2.05, 4.69) is 10.6 Å². The molecule has 0 saturated carbocycles. The maximum Gasteiger partial charge on any atom is 0.335 e. The summed E-state index contributed by atoms with van der Waals surface area (Å²) in [5.74, 6) is -1.84. The van der Waals surface area contributed by atoms with Crippen LogP contribution >= 0.6 is 0 Å². The number of aromatic carboxylic acids is 1. The summed E-state index contributed by atoms with van der Waals surface area (Å²) < 4.78 is 13.6. The lowest BCUT2D eigenvalue weighted by atomic mass is 9.96. The number of hydrogen-bond donors (Lipinski definition) is 3. The van der Waals surface area contributed by atoms with E-state index in [4.69, 9.17) is 5.11 Å². The third kappa shape index (κ3) is 3.77. The molecule has 3 N–H and O–H groups in total. The van der Waals surface area contributed by atoms with E-state index in [0.29, 0.717) is 6.42 Å². The van der Waals surface area contributed by atoms with Crippen LogP contribution in [0.1, 0.15) is 29.6 Å². The van der Waals surface area contributed by atoms with E-state index in [-0.39, 0.29) is 23.1 Å². The van der Waals surface area contributed by atoms with Gasteiger partial charge in [-0.15, -0.1) is 0 Å². The molecule has 2 rings (SSSR count). The monoisotopic (exact) mass is 280 g/mol. The van der Waals surface area contributed by atoms with E-state index < -0.39 is 11.8 Å². The molecule has 6 heteroatoms. The molecule has 1 heterocycles. The normalized spacial score (nSPS) is 18.6. The minimum absolute atomic E-state index is 0.0546. The SMILES string of the molecule is O=C(CC1CCCNC1)Nc1cc(C(=O)O)ccc1F. The lowest BCUT2D eigenvalue weighted by Gasteiger charge is -2.22. The molecule has 1 aliphatic rings. The molecule has 0 spiro atoms. The number of rotatable bonds is 4. The predicted molar refractivity (Wildman–Crippen MR) is 72.2 cm³/mol. The number of carboxylic acid groups (broad SMARTS) is 1. The molecule has 20 heavy (non-hydrogen) atoms. The number of carboxylic acids is 1. The third-order valence-corrected chi connectivity index (χ3v) is 3.36. The second-order valence-corrected chi connectivity index (χ2v) is 4.96. The molecule has 108 valence electrons. The molecule has 0 aliphatic carbocycles. The fourth-order valence-corrected chi connectivity index (χ4v) is 2.32. The molecule has 1 aliphatic heterocycles. The van der Waals surface area contributed by atoms with Crippen LogP contribution in [0.4, 0.5) is 10.1 Å². The number of anilines is 1. The van der Waals surface area contributed by atoms with Crippen molar-refractivity contribution in [1.82, 2.24) is 5.32 Å². The van der Waals surface area contributed by atoms with Crippen molar-refractivity contribution in [3.8, 4) is 0 Å². The molecule has 1 amide bonds. The lowest BCUT2D eigenvalue weighted by Crippen LogP contribution is -2.32. The van der Waals surface area contributed by atoms with Crippen LogP contribution in [0.15, 0.2) is 18.2 Å². The largest absolute Gasteiger partial charge is 0.478 e. The molecule has 1 saturated heterocycles. The number of carbonyl (C=O) groups excluding carboxylic acids is 1. The van der Waals surface area contributed by atoms with Crippen molar-refractivity contribution in [2.24, 2.45) is 5.92 Å². The summed E-state index contributed by atoms with van der Waals surface area (Å²) in [5, 5.41) is 14.5. The van der Waals surface area contributed by atoms with Gasteiger partial charge < -0.3 is 15.7 Å². The first-order valence-corrected chi connectivity index (χ1v) is 6.59. The molecule has 0 aromatic heterocycles. The van der Waals surface area contributed by atoms with Gasteiger partial charge in [0.25, 0.3) is 0 Å². The summed E-state index contributed by atoms with van der Waals surface area (Å²) >= 11 is 0. The van der Waals surface area contributed by atoms with E-state index in [1.165, 1.54) is 6.07 Å². The number of hydrogen-bond acceptors (Lipinski definition) is 3. The van der Waals surface area contributed by atoms with E-state index in [1.54, 1.807) is 0 Å². The van der Waals surface area contributed by atoms with E-state index in [9.17, 15) is 14.0 Å². The number of halogens is 1. The highest BCUT2D eigenvalue weighted by atomic mass is 19.1. The summed E-state index contributed by atoms with van der Waals surface area (Å²) in [6, 6.07) is 3.34. The van der Waals surface area contributed by atoms with Crippen LogP contribution in [-0.4, -0.2) is 30.1 Å². The van der Waals surface area contributed by atoms with Gasteiger partial charge in [0.15, 0.2) is 0 Å². The fraction of sp³-hybridized carbons (Fsp3) is 0.429. The van der Waals surface area contributed by atoms with Crippen LogP contribution in [0, 0.1) is 11.7 Å². The topological polar surface area (TPSA) is 78.4 Å². The molecule has 5 nitrogen and oxygen atoms in total. The molecule has 1 aromatic rings. The number of piperidine rings is 1. The van der Waals surface area contributed by atoms with Gasteiger partial charge in [-0.25, -0.2) is 9.18 Å². The van der Waals surface area contributed by atoms with Crippen LogP contribution in [0.3, 0.4) is 0 Å². The average Bonchev–Trinajstić information content (AvgIpc) is 2.42. The van der Waals surface area contributed by atoms with Crippen LogP contribution in [0.2, 0.25) is 0 Å². The Morgan fingerprint density at radius 2 is 2.25 bits per heavy atom. The number of carbonyl (C=O) groups is 2. The van der Waals surface area contributed by atoms with Crippen molar-refractivity contribution < 1.29 is 19.1 Å². The second kappa shape index (κ2) is 6.47. The number of amides is 1. The number of benzene rings is 1. The molecular formula is C14H17FN2O3. The Balaban J connectivity index is 1.99. The molecule has 1 unspecified atom stereocenters. The Labute approximate surface area is 116 Å². The molecule has 1 atom stereocenters. The first kappa shape index (κ1) is 14.5. The summed E-state index contributed by atoms with van der Waals surface area (Å²) in [6.45, 7) is 1.75. The highest BCUT2D eigenvalue weighted by Gasteiger charge is 2.18. The van der Waals surface area contributed by atoms with Gasteiger partial charge in [0, 0.05) is 6.42 Å². The van der Waals surface area contributed by atoms with Crippen molar-refractivity contribution in [1.29, 1.82) is 0 Å². The summed E-state index contributed by atoms with van der Waals surface area (Å²) in [4.78, 5) is 22.7. The van der Waals surface area contributed by atoms with Gasteiger partial charge in [-0.2, -0.15) is 0 Å². The van der Waals surface area contributed by atoms with Crippen LogP contribution in [-0.2, 0) is 4.79 Å². The van der Waals surface area contributed by atoms with Gasteiger partial charge in [-0.3, -0.25) is 4.79 Å². The molecule has 1 aromatic carbocycles. The summed E-state index contributed by atoms with van der Waals surface area (Å²) in [6.07, 6.45) is 2.31. The maximum atomic E-state index is 13.6. The van der Waals surface area contributed by atoms with Crippen LogP contribution in [0.25, 0.3) is 0 Å². The highest BCUT2D eigenvalue weighted by Crippen LogP contribution is 2.19. The highest BCUT2D eigenvalue weighted by molar-refractivity contribution is 5.94. The zero-order valence-corrected chi connectivity index (χ0v) is 11.0. The van der Waals surface area contributed by atoms with Gasteiger partial charge in [-0.1, -0.05) is 0 Å². The van der Waals surface area contributed by atoms with Gasteiger partial charge in [0.05, 0.1) is 11.3 Å². The third-order valence-electron chi connectivity index (χ3n) is 3.36. The van der Waals surface area contributed by atoms with E-state index in [1.807, 2.05) is 0 Å². The molecule has 0 bridgehead atoms. The molecular weight excluding hydrogens is 263 g/mol. The van der Waals surface area contributed by atoms with Crippen molar-refractivity contribution in [2.75, 3.05) is 18.4 Å². The van der Waals surface area contributed by atoms with Gasteiger partial charge >= 0.3 is 5.97 Å². The van der Waals surface area contributed by atoms with Gasteiger partial charge in [0.2, 0.25) is 5.91 Å². The predicted octanol–water partition coefficient (Wildman–Crippen LogP) is 1.85. The zero-order valence-electron chi connectivity index (χ0n) is 11.0. The van der Waals surface area contributed by atoms with E-state index in [0.717, 1.165) is 38.1 Å². The Bertz CT molecular complexity index is 513. The van der Waals surface area contributed by atoms with E-state index >= 15 is 0 Å². The Morgan fingerprint density at radius 1 is 1.45 bits per heavy atom. The summed E-state index contributed by atoms with van der Waals surface area (Å²) in [7, 11) is 0. The Morgan fingerprint density at radius 3 is 2.90 bits per heavy atom. The molecule has 0 radical (unpaired) electrons. The maximum absolute atomic E-state index is 13.6. The van der Waals surface area contributed by atoms with Crippen LogP contribution in [0.5, 0.6) is 0 Å². The standard InChI is InChI=1S/C14H17FN2O3/c15-11-4-3-10(14(19)20)7-12(11)17-13(18)6-9-2-1-5-16-8-9/h3-4,7,9,16H,1-2,5-6,8H2,(H,17,18)(H,19,20). The minimum atomic E-state index is -1.16. The van der Waals surface area contributed by atoms with Crippen molar-refractivity contribution >= 4 is 17.6 Å². The Kier molecular flexibility index (Phi) is 4.68. The molecule has 1 fully saturated rings.